The van der Waals surface area contributed by atoms with Gasteiger partial charge in [-0.2, -0.15) is 4.68 Å². The molecule has 0 fully saturated rings. The van der Waals surface area contributed by atoms with Crippen LogP contribution in [0.25, 0.3) is 22.3 Å². The SMILES string of the molecule is Nc1nc2cncnc2n1-n1cnc2cncnc21. The van der Waals surface area contributed by atoms with Gasteiger partial charge in [-0.1, -0.05) is 0 Å². The summed E-state index contributed by atoms with van der Waals surface area (Å²) in [4.78, 5) is 24.6. The molecule has 0 bridgehead atoms. The molecular formula is C10H7N9. The van der Waals surface area contributed by atoms with E-state index in [-0.39, 0.29) is 5.95 Å². The number of nitrogens with two attached hydrogens (primary N) is 1. The molecule has 4 aromatic heterocycles. The predicted octanol–water partition coefficient (Wildman–Crippen LogP) is -0.140. The van der Waals surface area contributed by atoms with Crippen LogP contribution in [0.5, 0.6) is 0 Å². The second-order valence-electron chi connectivity index (χ2n) is 3.83. The Bertz CT molecular complexity index is 890. The third kappa shape index (κ3) is 1.29. The van der Waals surface area contributed by atoms with E-state index in [1.807, 2.05) is 0 Å². The van der Waals surface area contributed by atoms with E-state index in [4.69, 9.17) is 5.73 Å². The zero-order valence-corrected chi connectivity index (χ0v) is 9.54. The predicted molar refractivity (Wildman–Crippen MR) is 65.9 cm³/mol. The molecule has 0 aliphatic heterocycles. The van der Waals surface area contributed by atoms with Crippen molar-refractivity contribution in [1.29, 1.82) is 0 Å². The van der Waals surface area contributed by atoms with E-state index in [0.29, 0.717) is 22.3 Å². The number of aromatic nitrogens is 8. The smallest absolute Gasteiger partial charge is 0.222 e. The van der Waals surface area contributed by atoms with Gasteiger partial charge < -0.3 is 5.73 Å². The third-order valence-corrected chi connectivity index (χ3v) is 2.74. The van der Waals surface area contributed by atoms with Crippen LogP contribution in [0.15, 0.2) is 31.4 Å². The summed E-state index contributed by atoms with van der Waals surface area (Å²) >= 11 is 0. The Balaban J connectivity index is 2.12. The largest absolute Gasteiger partial charge is 0.368 e. The van der Waals surface area contributed by atoms with Gasteiger partial charge in [0.05, 0.1) is 12.4 Å². The highest BCUT2D eigenvalue weighted by Crippen LogP contribution is 2.17. The third-order valence-electron chi connectivity index (χ3n) is 2.74. The Hall–Kier alpha value is -3.10. The molecule has 0 amide bonds. The fourth-order valence-electron chi connectivity index (χ4n) is 1.95. The van der Waals surface area contributed by atoms with Gasteiger partial charge in [-0.15, -0.1) is 0 Å². The van der Waals surface area contributed by atoms with Gasteiger partial charge in [-0.05, 0) is 0 Å². The summed E-state index contributed by atoms with van der Waals surface area (Å²) in [5.41, 5.74) is 8.41. The summed E-state index contributed by atoms with van der Waals surface area (Å²) in [6, 6.07) is 0. The highest BCUT2D eigenvalue weighted by atomic mass is 15.5. The summed E-state index contributed by atoms with van der Waals surface area (Å²) in [5.74, 6) is 0.286. The van der Waals surface area contributed by atoms with Gasteiger partial charge in [0.1, 0.15) is 30.0 Å². The maximum atomic E-state index is 5.93. The number of imidazole rings is 2. The van der Waals surface area contributed by atoms with Gasteiger partial charge in [-0.3, -0.25) is 0 Å². The van der Waals surface area contributed by atoms with Crippen LogP contribution in [0.1, 0.15) is 0 Å². The molecule has 4 heterocycles. The number of fused-ring (bicyclic) bond motifs is 2. The minimum Gasteiger partial charge on any atom is -0.368 e. The highest BCUT2D eigenvalue weighted by Gasteiger charge is 2.14. The molecule has 9 heteroatoms. The van der Waals surface area contributed by atoms with Gasteiger partial charge in [0.25, 0.3) is 0 Å². The Morgan fingerprint density at radius 1 is 0.895 bits per heavy atom. The van der Waals surface area contributed by atoms with Gasteiger partial charge in [0.15, 0.2) is 11.3 Å². The van der Waals surface area contributed by atoms with Crippen LogP contribution in [0.4, 0.5) is 5.95 Å². The van der Waals surface area contributed by atoms with Crippen molar-refractivity contribution in [2.75, 3.05) is 5.73 Å². The van der Waals surface area contributed by atoms with Crippen LogP contribution in [-0.2, 0) is 0 Å². The molecule has 0 spiro atoms. The first-order chi connectivity index (χ1) is 9.34. The van der Waals surface area contributed by atoms with E-state index in [1.54, 1.807) is 28.1 Å². The average Bonchev–Trinajstić information content (AvgIpc) is 2.98. The number of nitrogen functional groups attached to an aromatic ring is 1. The van der Waals surface area contributed by atoms with Gasteiger partial charge in [0, 0.05) is 0 Å². The minimum atomic E-state index is 0.286. The Morgan fingerprint density at radius 2 is 1.63 bits per heavy atom. The van der Waals surface area contributed by atoms with Crippen LogP contribution in [-0.4, -0.2) is 39.3 Å². The first-order valence-corrected chi connectivity index (χ1v) is 5.42. The van der Waals surface area contributed by atoms with E-state index in [9.17, 15) is 0 Å². The molecule has 0 unspecified atom stereocenters. The maximum absolute atomic E-state index is 5.93. The average molecular weight is 253 g/mol. The quantitative estimate of drug-likeness (QED) is 0.502. The zero-order chi connectivity index (χ0) is 12.8. The van der Waals surface area contributed by atoms with Gasteiger partial charge in [-0.25, -0.2) is 34.6 Å². The van der Waals surface area contributed by atoms with Crippen molar-refractivity contribution in [3.63, 3.8) is 0 Å². The molecule has 0 aromatic carbocycles. The summed E-state index contributed by atoms with van der Waals surface area (Å²) in [6.45, 7) is 0. The standard InChI is InChI=1S/C10H7N9/c11-10-17-7-2-13-4-15-9(7)19(10)18-5-16-6-1-12-3-14-8(6)18/h1-5H,(H2,11,17). The topological polar surface area (TPSA) is 113 Å². The molecule has 4 aromatic rings. The zero-order valence-electron chi connectivity index (χ0n) is 9.54. The lowest BCUT2D eigenvalue weighted by Gasteiger charge is -2.06. The Morgan fingerprint density at radius 3 is 2.47 bits per heavy atom. The van der Waals surface area contributed by atoms with Crippen LogP contribution in [0.3, 0.4) is 0 Å². The fraction of sp³-hybridized carbons (Fsp3) is 0. The molecule has 0 aliphatic rings. The molecule has 0 aliphatic carbocycles. The molecule has 2 N–H and O–H groups in total. The molecule has 0 atom stereocenters. The first kappa shape index (κ1) is 9.88. The van der Waals surface area contributed by atoms with Crippen molar-refractivity contribution in [3.05, 3.63) is 31.4 Å². The van der Waals surface area contributed by atoms with Gasteiger partial charge >= 0.3 is 0 Å². The van der Waals surface area contributed by atoms with Crippen LogP contribution < -0.4 is 5.73 Å². The molecule has 0 radical (unpaired) electrons. The number of nitrogens with zero attached hydrogens (tertiary/aromatic N) is 8. The van der Waals surface area contributed by atoms with E-state index in [0.717, 1.165) is 0 Å². The summed E-state index contributed by atoms with van der Waals surface area (Å²) < 4.78 is 3.30. The van der Waals surface area contributed by atoms with E-state index in [2.05, 4.69) is 29.9 Å². The first-order valence-electron chi connectivity index (χ1n) is 5.42. The summed E-state index contributed by atoms with van der Waals surface area (Å²) in [7, 11) is 0. The number of anilines is 1. The number of rotatable bonds is 1. The second-order valence-corrected chi connectivity index (χ2v) is 3.83. The molecule has 0 saturated heterocycles. The van der Waals surface area contributed by atoms with Crippen LogP contribution in [0, 0.1) is 0 Å². The van der Waals surface area contributed by atoms with Crippen molar-refractivity contribution >= 4 is 28.3 Å². The van der Waals surface area contributed by atoms with E-state index >= 15 is 0 Å². The summed E-state index contributed by atoms with van der Waals surface area (Å²) in [6.07, 6.45) is 7.71. The number of hydrogen-bond acceptors (Lipinski definition) is 7. The van der Waals surface area contributed by atoms with E-state index < -0.39 is 0 Å². The molecule has 92 valence electrons. The van der Waals surface area contributed by atoms with Crippen molar-refractivity contribution < 1.29 is 0 Å². The lowest BCUT2D eigenvalue weighted by molar-refractivity contribution is 0.698. The Kier molecular flexibility index (Phi) is 1.79. The monoisotopic (exact) mass is 253 g/mol. The fourth-order valence-corrected chi connectivity index (χ4v) is 1.95. The lowest BCUT2D eigenvalue weighted by Crippen LogP contribution is -2.12. The van der Waals surface area contributed by atoms with Crippen LogP contribution >= 0.6 is 0 Å². The van der Waals surface area contributed by atoms with Crippen molar-refractivity contribution in [3.8, 4) is 0 Å². The lowest BCUT2D eigenvalue weighted by atomic mass is 10.5. The maximum Gasteiger partial charge on any atom is 0.222 e. The van der Waals surface area contributed by atoms with Crippen molar-refractivity contribution in [2.45, 2.75) is 0 Å². The molecular weight excluding hydrogens is 246 g/mol. The molecule has 19 heavy (non-hydrogen) atoms. The molecule has 0 saturated carbocycles. The second kappa shape index (κ2) is 3.45. The van der Waals surface area contributed by atoms with Crippen LogP contribution in [0.2, 0.25) is 0 Å². The number of hydrogen-bond donors (Lipinski definition) is 1. The summed E-state index contributed by atoms with van der Waals surface area (Å²) in [5, 5.41) is 0. The molecule has 4 rings (SSSR count). The van der Waals surface area contributed by atoms with Crippen molar-refractivity contribution in [1.82, 2.24) is 39.3 Å². The normalized spacial score (nSPS) is 11.4. The highest BCUT2D eigenvalue weighted by molar-refractivity contribution is 5.75. The van der Waals surface area contributed by atoms with Gasteiger partial charge in [0.2, 0.25) is 5.95 Å². The minimum absolute atomic E-state index is 0.286. The van der Waals surface area contributed by atoms with Crippen molar-refractivity contribution in [2.24, 2.45) is 0 Å². The van der Waals surface area contributed by atoms with E-state index in [1.165, 1.54) is 12.7 Å². The molecule has 9 nitrogen and oxygen atoms in total. The Labute approximate surface area is 105 Å².